The number of likely N-dealkylation sites (tertiary alicyclic amines) is 1. The van der Waals surface area contributed by atoms with Gasteiger partial charge in [-0.1, -0.05) is 12.2 Å². The summed E-state index contributed by atoms with van der Waals surface area (Å²) in [5.74, 6) is -0.914. The number of imide groups is 1. The Labute approximate surface area is 92.7 Å². The summed E-state index contributed by atoms with van der Waals surface area (Å²) in [4.78, 5) is 25.3. The van der Waals surface area contributed by atoms with Gasteiger partial charge in [-0.3, -0.25) is 14.5 Å². The molecule has 5 heteroatoms. The van der Waals surface area contributed by atoms with Gasteiger partial charge in [-0.05, 0) is 6.42 Å². The summed E-state index contributed by atoms with van der Waals surface area (Å²) in [6, 6.07) is 0. The van der Waals surface area contributed by atoms with Crippen LogP contribution in [0.25, 0.3) is 0 Å². The van der Waals surface area contributed by atoms with Crippen molar-refractivity contribution in [1.82, 2.24) is 4.90 Å². The first-order valence-corrected chi connectivity index (χ1v) is 5.54. The van der Waals surface area contributed by atoms with Crippen LogP contribution in [0.2, 0.25) is 0 Å². The van der Waals surface area contributed by atoms with E-state index in [1.54, 1.807) is 0 Å². The van der Waals surface area contributed by atoms with Gasteiger partial charge in [0.15, 0.2) is 0 Å². The average molecular weight is 223 g/mol. The molecule has 1 N–H and O–H groups in total. The van der Waals surface area contributed by atoms with Crippen molar-refractivity contribution in [3.05, 3.63) is 12.2 Å². The van der Waals surface area contributed by atoms with E-state index in [1.165, 1.54) is 4.90 Å². The second-order valence-corrected chi connectivity index (χ2v) is 4.41. The third-order valence-electron chi connectivity index (χ3n) is 3.54. The SMILES string of the molecule is O=C1[C@@H]2[C@H]3C=CC(O3)[C@@H]2C(=O)N1CCCO. The number of amides is 2. The predicted molar refractivity (Wildman–Crippen MR) is 53.2 cm³/mol. The van der Waals surface area contributed by atoms with Gasteiger partial charge in [-0.15, -0.1) is 0 Å². The molecule has 0 spiro atoms. The number of aliphatic hydroxyl groups excluding tert-OH is 1. The molecule has 0 aromatic carbocycles. The molecule has 0 aromatic heterocycles. The van der Waals surface area contributed by atoms with E-state index in [4.69, 9.17) is 9.84 Å². The van der Waals surface area contributed by atoms with Gasteiger partial charge in [0.05, 0.1) is 24.0 Å². The number of nitrogens with zero attached hydrogens (tertiary/aromatic N) is 1. The van der Waals surface area contributed by atoms with Crippen molar-refractivity contribution in [3.8, 4) is 0 Å². The first kappa shape index (κ1) is 9.99. The molecular weight excluding hydrogens is 210 g/mol. The van der Waals surface area contributed by atoms with Crippen LogP contribution in [0.4, 0.5) is 0 Å². The molecule has 3 aliphatic rings. The first-order valence-electron chi connectivity index (χ1n) is 5.54. The van der Waals surface area contributed by atoms with Gasteiger partial charge < -0.3 is 9.84 Å². The molecule has 3 heterocycles. The number of carbonyl (C=O) groups excluding carboxylic acids is 2. The minimum atomic E-state index is -0.318. The Kier molecular flexibility index (Phi) is 2.12. The zero-order valence-electron chi connectivity index (χ0n) is 8.70. The fourth-order valence-electron chi connectivity index (χ4n) is 2.81. The lowest BCUT2D eigenvalue weighted by Gasteiger charge is -2.16. The van der Waals surface area contributed by atoms with Gasteiger partial charge in [-0.25, -0.2) is 0 Å². The number of aliphatic hydroxyl groups is 1. The molecule has 0 radical (unpaired) electrons. The van der Waals surface area contributed by atoms with Crippen LogP contribution in [-0.2, 0) is 14.3 Å². The molecule has 3 rings (SSSR count). The van der Waals surface area contributed by atoms with E-state index in [1.807, 2.05) is 12.2 Å². The van der Waals surface area contributed by atoms with Gasteiger partial charge in [0.1, 0.15) is 0 Å². The van der Waals surface area contributed by atoms with Gasteiger partial charge in [0.25, 0.3) is 0 Å². The Morgan fingerprint density at radius 2 is 1.75 bits per heavy atom. The van der Waals surface area contributed by atoms with E-state index in [9.17, 15) is 9.59 Å². The van der Waals surface area contributed by atoms with Crippen molar-refractivity contribution in [3.63, 3.8) is 0 Å². The molecule has 3 aliphatic heterocycles. The van der Waals surface area contributed by atoms with Crippen molar-refractivity contribution in [1.29, 1.82) is 0 Å². The highest BCUT2D eigenvalue weighted by Crippen LogP contribution is 2.44. The Balaban J connectivity index is 1.83. The highest BCUT2D eigenvalue weighted by molar-refractivity contribution is 6.06. The predicted octanol–water partition coefficient (Wildman–Crippen LogP) is -0.693. The van der Waals surface area contributed by atoms with E-state index in [0.717, 1.165) is 0 Å². The molecule has 16 heavy (non-hydrogen) atoms. The fraction of sp³-hybridized carbons (Fsp3) is 0.636. The number of hydrogen-bond donors (Lipinski definition) is 1. The summed E-state index contributed by atoms with van der Waals surface area (Å²) in [5.41, 5.74) is 0. The lowest BCUT2D eigenvalue weighted by atomic mass is 9.85. The molecule has 5 nitrogen and oxygen atoms in total. The van der Waals surface area contributed by atoms with Crippen molar-refractivity contribution in [2.24, 2.45) is 11.8 Å². The monoisotopic (exact) mass is 223 g/mol. The van der Waals surface area contributed by atoms with Crippen LogP contribution in [0, 0.1) is 11.8 Å². The van der Waals surface area contributed by atoms with Crippen molar-refractivity contribution in [2.75, 3.05) is 13.2 Å². The maximum absolute atomic E-state index is 12.0. The molecule has 86 valence electrons. The van der Waals surface area contributed by atoms with Crippen LogP contribution < -0.4 is 0 Å². The smallest absolute Gasteiger partial charge is 0.236 e. The van der Waals surface area contributed by atoms with Crippen LogP contribution in [0.3, 0.4) is 0 Å². The summed E-state index contributed by atoms with van der Waals surface area (Å²) < 4.78 is 5.50. The number of carbonyl (C=O) groups is 2. The summed E-state index contributed by atoms with van der Waals surface area (Å²) in [6.07, 6.45) is 3.75. The molecule has 4 atom stereocenters. The summed E-state index contributed by atoms with van der Waals surface area (Å²) in [6.45, 7) is 0.314. The number of hydrogen-bond acceptors (Lipinski definition) is 4. The molecule has 0 aliphatic carbocycles. The zero-order valence-corrected chi connectivity index (χ0v) is 8.70. The molecule has 0 aromatic rings. The Hall–Kier alpha value is -1.20. The van der Waals surface area contributed by atoms with Crippen LogP contribution in [0.1, 0.15) is 6.42 Å². The van der Waals surface area contributed by atoms with Crippen molar-refractivity contribution < 1.29 is 19.4 Å². The highest BCUT2D eigenvalue weighted by Gasteiger charge is 2.60. The Morgan fingerprint density at radius 1 is 1.19 bits per heavy atom. The maximum atomic E-state index is 12.0. The summed E-state index contributed by atoms with van der Waals surface area (Å²) in [7, 11) is 0. The van der Waals surface area contributed by atoms with Crippen LogP contribution >= 0.6 is 0 Å². The maximum Gasteiger partial charge on any atom is 0.236 e. The second-order valence-electron chi connectivity index (χ2n) is 4.41. The third-order valence-corrected chi connectivity index (χ3v) is 3.54. The van der Waals surface area contributed by atoms with Gasteiger partial charge >= 0.3 is 0 Å². The molecular formula is C11H13NO4. The lowest BCUT2D eigenvalue weighted by Crippen LogP contribution is -2.35. The molecule has 2 saturated heterocycles. The molecule has 1 unspecified atom stereocenters. The fourth-order valence-corrected chi connectivity index (χ4v) is 2.81. The van der Waals surface area contributed by atoms with Gasteiger partial charge in [-0.2, -0.15) is 0 Å². The lowest BCUT2D eigenvalue weighted by molar-refractivity contribution is -0.142. The normalized spacial score (nSPS) is 39.9. The summed E-state index contributed by atoms with van der Waals surface area (Å²) >= 11 is 0. The standard InChI is InChI=1S/C11H13NO4/c13-5-1-4-12-10(14)8-6-2-3-7(16-6)9(8)11(12)15/h2-3,6-9,13H,1,4-5H2/t6-,7?,8-,9+/m1/s1. The zero-order chi connectivity index (χ0) is 11.3. The number of ether oxygens (including phenoxy) is 1. The van der Waals surface area contributed by atoms with Gasteiger partial charge in [0.2, 0.25) is 11.8 Å². The quantitative estimate of drug-likeness (QED) is 0.508. The molecule has 0 saturated carbocycles. The van der Waals surface area contributed by atoms with Gasteiger partial charge in [0, 0.05) is 13.2 Å². The Bertz CT molecular complexity index is 348. The van der Waals surface area contributed by atoms with Crippen molar-refractivity contribution >= 4 is 11.8 Å². The van der Waals surface area contributed by atoms with Crippen molar-refractivity contribution in [2.45, 2.75) is 18.6 Å². The van der Waals surface area contributed by atoms with Crippen LogP contribution in [0.15, 0.2) is 12.2 Å². The highest BCUT2D eigenvalue weighted by atomic mass is 16.5. The van der Waals surface area contributed by atoms with Crippen LogP contribution in [-0.4, -0.2) is 47.2 Å². The second kappa shape index (κ2) is 3.40. The molecule has 2 amide bonds. The first-order chi connectivity index (χ1) is 7.74. The number of rotatable bonds is 3. The summed E-state index contributed by atoms with van der Waals surface area (Å²) in [5, 5.41) is 8.73. The van der Waals surface area contributed by atoms with Crippen LogP contribution in [0.5, 0.6) is 0 Å². The van der Waals surface area contributed by atoms with E-state index in [0.29, 0.717) is 13.0 Å². The Morgan fingerprint density at radius 3 is 2.25 bits per heavy atom. The van der Waals surface area contributed by atoms with E-state index in [-0.39, 0.29) is 42.5 Å². The minimum absolute atomic E-state index is 0.00595. The molecule has 2 fully saturated rings. The average Bonchev–Trinajstić information content (AvgIpc) is 2.92. The third kappa shape index (κ3) is 1.13. The largest absolute Gasteiger partial charge is 0.396 e. The van der Waals surface area contributed by atoms with E-state index >= 15 is 0 Å². The minimum Gasteiger partial charge on any atom is -0.396 e. The number of fused-ring (bicyclic) bond motifs is 5. The molecule has 2 bridgehead atoms. The van der Waals surface area contributed by atoms with E-state index < -0.39 is 0 Å². The topological polar surface area (TPSA) is 66.8 Å². The van der Waals surface area contributed by atoms with E-state index in [2.05, 4.69) is 0 Å².